The number of fused-ring (bicyclic) bond motifs is 1. The van der Waals surface area contributed by atoms with E-state index in [0.29, 0.717) is 27.4 Å². The molecule has 2 heterocycles. The summed E-state index contributed by atoms with van der Waals surface area (Å²) in [5.74, 6) is 0. The summed E-state index contributed by atoms with van der Waals surface area (Å²) in [5, 5.41) is 5.42. The molecule has 0 aliphatic carbocycles. The fourth-order valence-electron chi connectivity index (χ4n) is 3.01. The summed E-state index contributed by atoms with van der Waals surface area (Å²) < 4.78 is 29.1. The van der Waals surface area contributed by atoms with Gasteiger partial charge in [-0.2, -0.15) is 5.10 Å². The van der Waals surface area contributed by atoms with Crippen LogP contribution in [0.4, 0.5) is 8.78 Å². The first-order chi connectivity index (χ1) is 12.5. The maximum Gasteiger partial charge on any atom is 0.264 e. The summed E-state index contributed by atoms with van der Waals surface area (Å²) in [6.07, 6.45) is -2.63. The Morgan fingerprint density at radius 1 is 1.00 bits per heavy atom. The zero-order valence-corrected chi connectivity index (χ0v) is 14.6. The van der Waals surface area contributed by atoms with Crippen LogP contribution in [0.15, 0.2) is 60.7 Å². The first kappa shape index (κ1) is 16.7. The lowest BCUT2D eigenvalue weighted by atomic mass is 10.1. The second-order valence-corrected chi connectivity index (χ2v) is 6.37. The minimum absolute atomic E-state index is 0.0698. The van der Waals surface area contributed by atoms with E-state index in [9.17, 15) is 8.78 Å². The highest BCUT2D eigenvalue weighted by molar-refractivity contribution is 6.30. The van der Waals surface area contributed by atoms with Gasteiger partial charge in [-0.25, -0.2) is 18.4 Å². The predicted octanol–water partition coefficient (Wildman–Crippen LogP) is 5.99. The molecule has 4 rings (SSSR count). The highest BCUT2D eigenvalue weighted by Gasteiger charge is 2.21. The Labute approximate surface area is 153 Å². The highest BCUT2D eigenvalue weighted by Crippen LogP contribution is 2.34. The van der Waals surface area contributed by atoms with Gasteiger partial charge >= 0.3 is 0 Å². The average molecular weight is 370 g/mol. The molecular weight excluding hydrogens is 356 g/mol. The molecule has 2 aromatic carbocycles. The number of para-hydroxylation sites is 1. The number of pyridine rings is 1. The van der Waals surface area contributed by atoms with Gasteiger partial charge < -0.3 is 0 Å². The van der Waals surface area contributed by atoms with Gasteiger partial charge in [-0.1, -0.05) is 41.9 Å². The van der Waals surface area contributed by atoms with Crippen molar-refractivity contribution in [3.05, 3.63) is 76.9 Å². The molecule has 0 bridgehead atoms. The molecule has 0 radical (unpaired) electrons. The van der Waals surface area contributed by atoms with Crippen LogP contribution in [0.5, 0.6) is 0 Å². The Kier molecular flexibility index (Phi) is 4.17. The van der Waals surface area contributed by atoms with Gasteiger partial charge in [0.2, 0.25) is 0 Å². The number of aryl methyl sites for hydroxylation is 1. The molecule has 0 atom stereocenters. The molecular formula is C20H14ClF2N3. The number of rotatable bonds is 3. The molecule has 2 aromatic heterocycles. The van der Waals surface area contributed by atoms with Gasteiger partial charge in [0.25, 0.3) is 6.43 Å². The van der Waals surface area contributed by atoms with Gasteiger partial charge in [0.1, 0.15) is 0 Å². The average Bonchev–Trinajstić information content (AvgIpc) is 2.99. The third-order valence-electron chi connectivity index (χ3n) is 4.22. The van der Waals surface area contributed by atoms with Crippen LogP contribution < -0.4 is 0 Å². The molecule has 0 aliphatic rings. The first-order valence-corrected chi connectivity index (χ1v) is 8.42. The second-order valence-electron chi connectivity index (χ2n) is 5.94. The summed E-state index contributed by atoms with van der Waals surface area (Å²) >= 11 is 5.93. The van der Waals surface area contributed by atoms with Crippen molar-refractivity contribution in [2.75, 3.05) is 0 Å². The topological polar surface area (TPSA) is 30.7 Å². The van der Waals surface area contributed by atoms with Crippen LogP contribution in [0, 0.1) is 6.92 Å². The Bertz CT molecular complexity index is 1070. The van der Waals surface area contributed by atoms with E-state index in [1.165, 1.54) is 6.07 Å². The quantitative estimate of drug-likeness (QED) is 0.444. The van der Waals surface area contributed by atoms with Crippen LogP contribution in [0.3, 0.4) is 0 Å². The standard InChI is InChI=1S/C20H14ClF2N3/c1-12-18-16(19(22)23)11-17(13-7-9-14(21)10-8-13)24-20(18)26(25-12)15-5-3-2-4-6-15/h2-11,19H,1H3. The number of hydrogen-bond acceptors (Lipinski definition) is 2. The van der Waals surface area contributed by atoms with E-state index in [1.807, 2.05) is 30.3 Å². The number of halogens is 3. The molecule has 26 heavy (non-hydrogen) atoms. The van der Waals surface area contributed by atoms with E-state index in [0.717, 1.165) is 11.3 Å². The first-order valence-electron chi connectivity index (χ1n) is 8.04. The van der Waals surface area contributed by atoms with E-state index in [2.05, 4.69) is 10.1 Å². The summed E-state index contributed by atoms with van der Waals surface area (Å²) in [6, 6.07) is 17.7. The van der Waals surface area contributed by atoms with Gasteiger partial charge in [-0.15, -0.1) is 0 Å². The minimum atomic E-state index is -2.63. The number of benzene rings is 2. The lowest BCUT2D eigenvalue weighted by Crippen LogP contribution is -1.99. The molecule has 0 fully saturated rings. The fourth-order valence-corrected chi connectivity index (χ4v) is 3.14. The van der Waals surface area contributed by atoms with E-state index < -0.39 is 6.43 Å². The van der Waals surface area contributed by atoms with Gasteiger partial charge in [-0.05, 0) is 37.3 Å². The van der Waals surface area contributed by atoms with E-state index in [4.69, 9.17) is 11.6 Å². The third kappa shape index (κ3) is 2.84. The zero-order valence-electron chi connectivity index (χ0n) is 13.8. The van der Waals surface area contributed by atoms with Crippen molar-refractivity contribution < 1.29 is 8.78 Å². The number of aromatic nitrogens is 3. The second kappa shape index (κ2) is 6.50. The SMILES string of the molecule is Cc1nn(-c2ccccc2)c2nc(-c3ccc(Cl)cc3)cc(C(F)F)c12. The van der Waals surface area contributed by atoms with Crippen LogP contribution in [0.1, 0.15) is 17.7 Å². The molecule has 0 saturated heterocycles. The van der Waals surface area contributed by atoms with Crippen molar-refractivity contribution in [1.82, 2.24) is 14.8 Å². The molecule has 0 N–H and O–H groups in total. The summed E-state index contributed by atoms with van der Waals surface area (Å²) in [4.78, 5) is 4.64. The van der Waals surface area contributed by atoms with Gasteiger partial charge in [-0.3, -0.25) is 0 Å². The summed E-state index contributed by atoms with van der Waals surface area (Å²) in [6.45, 7) is 1.72. The van der Waals surface area contributed by atoms with Crippen LogP contribution in [0.2, 0.25) is 5.02 Å². The molecule has 6 heteroatoms. The van der Waals surface area contributed by atoms with Crippen molar-refractivity contribution in [2.24, 2.45) is 0 Å². The molecule has 0 amide bonds. The van der Waals surface area contributed by atoms with E-state index >= 15 is 0 Å². The predicted molar refractivity (Wildman–Crippen MR) is 99.0 cm³/mol. The van der Waals surface area contributed by atoms with Crippen LogP contribution >= 0.6 is 11.6 Å². The molecule has 0 aliphatic heterocycles. The summed E-state index contributed by atoms with van der Waals surface area (Å²) in [7, 11) is 0. The number of alkyl halides is 2. The molecule has 130 valence electrons. The van der Waals surface area contributed by atoms with Crippen molar-refractivity contribution in [3.8, 4) is 16.9 Å². The smallest absolute Gasteiger partial charge is 0.228 e. The molecule has 0 spiro atoms. The third-order valence-corrected chi connectivity index (χ3v) is 4.47. The van der Waals surface area contributed by atoms with E-state index in [1.54, 1.807) is 35.9 Å². The Hall–Kier alpha value is -2.79. The Morgan fingerprint density at radius 2 is 1.69 bits per heavy atom. The van der Waals surface area contributed by atoms with Crippen molar-refractivity contribution in [1.29, 1.82) is 0 Å². The van der Waals surface area contributed by atoms with E-state index in [-0.39, 0.29) is 5.56 Å². The largest absolute Gasteiger partial charge is 0.264 e. The lowest BCUT2D eigenvalue weighted by Gasteiger charge is -2.09. The Morgan fingerprint density at radius 3 is 2.35 bits per heavy atom. The normalized spacial score (nSPS) is 11.4. The fraction of sp³-hybridized carbons (Fsp3) is 0.100. The van der Waals surface area contributed by atoms with Crippen molar-refractivity contribution in [2.45, 2.75) is 13.3 Å². The van der Waals surface area contributed by atoms with Gasteiger partial charge in [0.05, 0.1) is 22.5 Å². The van der Waals surface area contributed by atoms with Crippen molar-refractivity contribution >= 4 is 22.6 Å². The van der Waals surface area contributed by atoms with Crippen molar-refractivity contribution in [3.63, 3.8) is 0 Å². The number of nitrogens with zero attached hydrogens (tertiary/aromatic N) is 3. The van der Waals surface area contributed by atoms with Crippen LogP contribution in [-0.4, -0.2) is 14.8 Å². The Balaban J connectivity index is 2.03. The van der Waals surface area contributed by atoms with Crippen LogP contribution in [-0.2, 0) is 0 Å². The summed E-state index contributed by atoms with van der Waals surface area (Å²) in [5.41, 5.74) is 2.81. The monoisotopic (exact) mass is 369 g/mol. The molecule has 3 nitrogen and oxygen atoms in total. The molecule has 0 saturated carbocycles. The molecule has 0 unspecified atom stereocenters. The highest BCUT2D eigenvalue weighted by atomic mass is 35.5. The minimum Gasteiger partial charge on any atom is -0.228 e. The van der Waals surface area contributed by atoms with Gasteiger partial charge in [0.15, 0.2) is 5.65 Å². The maximum atomic E-state index is 13.8. The zero-order chi connectivity index (χ0) is 18.3. The van der Waals surface area contributed by atoms with Crippen LogP contribution in [0.25, 0.3) is 28.0 Å². The van der Waals surface area contributed by atoms with Gasteiger partial charge in [0, 0.05) is 16.1 Å². The lowest BCUT2D eigenvalue weighted by molar-refractivity contribution is 0.153. The number of hydrogen-bond donors (Lipinski definition) is 0. The maximum absolute atomic E-state index is 13.8. The molecule has 4 aromatic rings.